The Hall–Kier alpha value is -3.33. The fourth-order valence-corrected chi connectivity index (χ4v) is 8.38. The summed E-state index contributed by atoms with van der Waals surface area (Å²) in [6.07, 6.45) is 69.3. The second-order valence-electron chi connectivity index (χ2n) is 20.2. The number of phosphoric acid groups is 1. The minimum Gasteiger partial charge on any atom is -0.456 e. The average Bonchev–Trinajstić information content (AvgIpc) is 3.34. The van der Waals surface area contributed by atoms with Crippen molar-refractivity contribution in [3.63, 3.8) is 0 Å². The third-order valence-corrected chi connectivity index (χ3v) is 13.1. The molecule has 9 nitrogen and oxygen atoms in total. The summed E-state index contributed by atoms with van der Waals surface area (Å²) in [7, 11) is 1.45. The predicted molar refractivity (Wildman–Crippen MR) is 309 cm³/mol. The molecule has 0 bridgehead atoms. The van der Waals surface area contributed by atoms with Crippen molar-refractivity contribution in [2.75, 3.05) is 40.9 Å². The van der Waals surface area contributed by atoms with Crippen molar-refractivity contribution in [1.82, 2.24) is 5.32 Å². The van der Waals surface area contributed by atoms with Crippen LogP contribution < -0.4 is 5.32 Å². The molecule has 0 aromatic rings. The van der Waals surface area contributed by atoms with Crippen LogP contribution in [0.1, 0.15) is 220 Å². The number of amides is 1. The van der Waals surface area contributed by atoms with E-state index in [-0.39, 0.29) is 31.5 Å². The van der Waals surface area contributed by atoms with Crippen LogP contribution in [0.2, 0.25) is 0 Å². The minimum atomic E-state index is -4.46. The quantitative estimate of drug-likeness (QED) is 0.0156. The van der Waals surface area contributed by atoms with Gasteiger partial charge in [0.05, 0.1) is 33.8 Å². The van der Waals surface area contributed by atoms with E-state index in [9.17, 15) is 19.0 Å². The number of nitrogens with one attached hydrogen (secondary N) is 1. The second kappa shape index (κ2) is 51.2. The molecule has 3 unspecified atom stereocenters. The number of carbonyl (C=O) groups is 2. The summed E-state index contributed by atoms with van der Waals surface area (Å²) in [6, 6.07) is -0.877. The number of rotatable bonds is 50. The molecule has 0 aliphatic carbocycles. The Morgan fingerprint density at radius 2 is 0.944 bits per heavy atom. The molecule has 0 aromatic carbocycles. The summed E-state index contributed by atoms with van der Waals surface area (Å²) in [5.41, 5.74) is 0. The fourth-order valence-electron chi connectivity index (χ4n) is 7.65. The molecule has 0 rings (SSSR count). The molecule has 10 heteroatoms. The fraction of sp³-hybridized carbons (Fsp3) is 0.677. The van der Waals surface area contributed by atoms with Gasteiger partial charge in [-0.1, -0.05) is 233 Å². The molecule has 0 saturated heterocycles. The molecular formula is C62H108N2O7P+. The molecule has 0 aliphatic heterocycles. The third kappa shape index (κ3) is 51.6. The molecule has 0 radical (unpaired) electrons. The minimum absolute atomic E-state index is 0.0251. The second-order valence-corrected chi connectivity index (χ2v) is 21.7. The first kappa shape index (κ1) is 68.7. The lowest BCUT2D eigenvalue weighted by Gasteiger charge is -2.27. The van der Waals surface area contributed by atoms with Crippen molar-refractivity contribution in [1.29, 1.82) is 0 Å². The molecule has 0 aromatic heterocycles. The summed E-state index contributed by atoms with van der Waals surface area (Å²) >= 11 is 0. The van der Waals surface area contributed by atoms with Crippen molar-refractivity contribution in [3.8, 4) is 0 Å². The van der Waals surface area contributed by atoms with Crippen LogP contribution in [0.5, 0.6) is 0 Å². The van der Waals surface area contributed by atoms with Gasteiger partial charge in [-0.25, -0.2) is 4.57 Å². The zero-order valence-corrected chi connectivity index (χ0v) is 47.8. The normalized spacial score (nSPS) is 14.6. The number of carbonyl (C=O) groups excluding carboxylic acids is 2. The largest absolute Gasteiger partial charge is 0.472 e. The van der Waals surface area contributed by atoms with E-state index in [1.807, 2.05) is 94.1 Å². The van der Waals surface area contributed by atoms with Gasteiger partial charge in [0, 0.05) is 12.8 Å². The average molecular weight is 1020 g/mol. The van der Waals surface area contributed by atoms with Gasteiger partial charge in [-0.2, -0.15) is 0 Å². The van der Waals surface area contributed by atoms with E-state index >= 15 is 0 Å². The lowest BCUT2D eigenvalue weighted by molar-refractivity contribution is -0.870. The molecule has 412 valence electrons. The third-order valence-electron chi connectivity index (χ3n) is 12.1. The predicted octanol–water partition coefficient (Wildman–Crippen LogP) is 17.4. The van der Waals surface area contributed by atoms with Crippen molar-refractivity contribution < 1.29 is 37.3 Å². The van der Waals surface area contributed by atoms with Crippen LogP contribution in [0.15, 0.2) is 109 Å². The standard InChI is InChI=1S/C62H107N2O7P/c1-7-10-13-16-19-22-25-28-30-32-34-36-39-42-45-48-51-54-61(65)63-59(58-70-72(67,68)69-57-56-64(4,5)6)60(53-50-47-44-41-38-27-24-21-18-15-12-9-3)71-62(66)55-52-49-46-43-40-37-35-33-31-29-26-23-20-17-14-11-8-2/h11,14,17,19-20,22-23,26,28-31,33,35,37,40,50,53,59-60H,7-10,12-13,15-16,18,21,24-25,27,32,34,36,38-39,41-49,51-52,54-58H2,1-6H3,(H-,63,65,67,68)/p+1/b14-11-,20-17+,22-19-,26-23+,30-28-,31-29-,35-33+,40-37+,53-50+. The number of ether oxygens (including phenoxy) is 1. The lowest BCUT2D eigenvalue weighted by Crippen LogP contribution is -2.47. The number of esters is 1. The first-order valence-electron chi connectivity index (χ1n) is 28.8. The summed E-state index contributed by atoms with van der Waals surface area (Å²) in [6.45, 7) is 6.78. The van der Waals surface area contributed by atoms with Gasteiger partial charge in [-0.05, 0) is 83.1 Å². The van der Waals surface area contributed by atoms with Gasteiger partial charge in [0.1, 0.15) is 19.3 Å². The Bertz CT molecular complexity index is 1600. The van der Waals surface area contributed by atoms with E-state index in [2.05, 4.69) is 62.5 Å². The first-order valence-corrected chi connectivity index (χ1v) is 30.3. The number of quaternary nitrogens is 1. The zero-order valence-electron chi connectivity index (χ0n) is 46.9. The number of hydrogen-bond donors (Lipinski definition) is 2. The van der Waals surface area contributed by atoms with Crippen molar-refractivity contribution in [2.45, 2.75) is 232 Å². The van der Waals surface area contributed by atoms with Crippen LogP contribution in [-0.4, -0.2) is 74.3 Å². The van der Waals surface area contributed by atoms with Crippen LogP contribution in [-0.2, 0) is 27.9 Å². The molecule has 72 heavy (non-hydrogen) atoms. The van der Waals surface area contributed by atoms with E-state index in [0.717, 1.165) is 83.5 Å². The SMILES string of the molecule is CC\C=C/C=C/C=C/C=C\C=C\C=C\CCCCCC(=O)OC(/C=C/CCCCCCCCCCCC)C(COP(=O)(O)OCC[N+](C)(C)C)NC(=O)CCCCCCCCC/C=C\C/C=C\CCCCC. The van der Waals surface area contributed by atoms with Crippen molar-refractivity contribution in [3.05, 3.63) is 109 Å². The number of allylic oxidation sites excluding steroid dienone is 17. The molecule has 3 atom stereocenters. The maximum atomic E-state index is 13.5. The van der Waals surface area contributed by atoms with E-state index in [1.165, 1.54) is 96.3 Å². The highest BCUT2D eigenvalue weighted by Gasteiger charge is 2.30. The van der Waals surface area contributed by atoms with Gasteiger partial charge in [-0.3, -0.25) is 18.6 Å². The molecule has 0 heterocycles. The van der Waals surface area contributed by atoms with Gasteiger partial charge in [0.15, 0.2) is 0 Å². The zero-order chi connectivity index (χ0) is 52.9. The van der Waals surface area contributed by atoms with Crippen LogP contribution in [0.4, 0.5) is 0 Å². The number of nitrogens with zero attached hydrogens (tertiary/aromatic N) is 1. The van der Waals surface area contributed by atoms with Crippen molar-refractivity contribution in [2.24, 2.45) is 0 Å². The Balaban J connectivity index is 5.46. The van der Waals surface area contributed by atoms with Gasteiger partial charge < -0.3 is 19.4 Å². The molecular weight excluding hydrogens is 916 g/mol. The van der Waals surface area contributed by atoms with Crippen molar-refractivity contribution >= 4 is 19.7 Å². The molecule has 2 N–H and O–H groups in total. The Morgan fingerprint density at radius 3 is 1.49 bits per heavy atom. The van der Waals surface area contributed by atoms with Crippen LogP contribution in [0.25, 0.3) is 0 Å². The maximum Gasteiger partial charge on any atom is 0.472 e. The topological polar surface area (TPSA) is 111 Å². The molecule has 0 spiro atoms. The van der Waals surface area contributed by atoms with Gasteiger partial charge >= 0.3 is 13.8 Å². The number of phosphoric ester groups is 1. The Kier molecular flexibility index (Phi) is 48.8. The van der Waals surface area contributed by atoms with E-state index in [0.29, 0.717) is 23.9 Å². The Morgan fingerprint density at radius 1 is 0.514 bits per heavy atom. The van der Waals surface area contributed by atoms with E-state index in [4.69, 9.17) is 13.8 Å². The molecule has 1 amide bonds. The first-order chi connectivity index (χ1) is 34.9. The highest BCUT2D eigenvalue weighted by atomic mass is 31.2. The van der Waals surface area contributed by atoms with Crippen LogP contribution in [0, 0.1) is 0 Å². The molecule has 0 fully saturated rings. The number of likely N-dealkylation sites (N-methyl/N-ethyl adjacent to an activating group) is 1. The summed E-state index contributed by atoms with van der Waals surface area (Å²) in [5.74, 6) is -0.573. The monoisotopic (exact) mass is 1020 g/mol. The number of unbranched alkanes of at least 4 members (excludes halogenated alkanes) is 23. The summed E-state index contributed by atoms with van der Waals surface area (Å²) < 4.78 is 30.6. The highest BCUT2D eigenvalue weighted by Crippen LogP contribution is 2.43. The summed E-state index contributed by atoms with van der Waals surface area (Å²) in [4.78, 5) is 37.6. The molecule has 0 saturated carbocycles. The smallest absolute Gasteiger partial charge is 0.456 e. The Labute approximate surface area is 442 Å². The highest BCUT2D eigenvalue weighted by molar-refractivity contribution is 7.47. The lowest BCUT2D eigenvalue weighted by atomic mass is 10.0. The van der Waals surface area contributed by atoms with E-state index in [1.54, 1.807) is 0 Å². The van der Waals surface area contributed by atoms with Crippen LogP contribution >= 0.6 is 7.82 Å². The van der Waals surface area contributed by atoms with Gasteiger partial charge in [0.2, 0.25) is 5.91 Å². The molecule has 0 aliphatic rings. The van der Waals surface area contributed by atoms with Gasteiger partial charge in [0.25, 0.3) is 0 Å². The van der Waals surface area contributed by atoms with Crippen LogP contribution in [0.3, 0.4) is 0 Å². The maximum absolute atomic E-state index is 13.5. The van der Waals surface area contributed by atoms with E-state index < -0.39 is 20.0 Å². The summed E-state index contributed by atoms with van der Waals surface area (Å²) in [5, 5.41) is 3.03. The number of hydrogen-bond acceptors (Lipinski definition) is 6. The van der Waals surface area contributed by atoms with Gasteiger partial charge in [-0.15, -0.1) is 0 Å².